The fourth-order valence-corrected chi connectivity index (χ4v) is 6.43. The Bertz CT molecular complexity index is 1740. The van der Waals surface area contributed by atoms with Gasteiger partial charge in [-0.3, -0.25) is 0 Å². The molecular weight excluding hydrogens is 601 g/mol. The molecule has 0 N–H and O–H groups in total. The van der Waals surface area contributed by atoms with Crippen molar-refractivity contribution >= 4 is 0 Å². The predicted molar refractivity (Wildman–Crippen MR) is 201 cm³/mol. The van der Waals surface area contributed by atoms with Crippen molar-refractivity contribution in [3.8, 4) is 23.0 Å². The SMILES string of the molecule is CC(C)(CC(OC(CC(C)(C)c1ccccc1)c1cccc(Oc2ccccc2)c1)c1cccc(Oc2ccccc2)c1)c1ccccc1. The van der Waals surface area contributed by atoms with Crippen molar-refractivity contribution in [2.75, 3.05) is 0 Å². The molecule has 0 spiro atoms. The fraction of sp³-hybridized carbons (Fsp3) is 0.217. The molecule has 0 saturated carbocycles. The third kappa shape index (κ3) is 9.07. The molecule has 0 bridgehead atoms. The van der Waals surface area contributed by atoms with Gasteiger partial charge < -0.3 is 14.2 Å². The molecule has 6 aromatic rings. The third-order valence-electron chi connectivity index (χ3n) is 9.25. The van der Waals surface area contributed by atoms with E-state index < -0.39 is 0 Å². The van der Waals surface area contributed by atoms with Crippen LogP contribution in [0.2, 0.25) is 0 Å². The van der Waals surface area contributed by atoms with Crippen molar-refractivity contribution in [3.05, 3.63) is 192 Å². The van der Waals surface area contributed by atoms with Gasteiger partial charge in [0, 0.05) is 0 Å². The van der Waals surface area contributed by atoms with E-state index in [1.807, 2.05) is 72.8 Å². The molecule has 0 saturated heterocycles. The molecule has 0 fully saturated rings. The molecule has 0 radical (unpaired) electrons. The minimum atomic E-state index is -0.232. The van der Waals surface area contributed by atoms with Crippen LogP contribution in [0, 0.1) is 0 Å². The van der Waals surface area contributed by atoms with Crippen LogP contribution in [-0.4, -0.2) is 0 Å². The highest BCUT2D eigenvalue weighted by atomic mass is 16.5. The van der Waals surface area contributed by atoms with Crippen molar-refractivity contribution < 1.29 is 14.2 Å². The summed E-state index contributed by atoms with van der Waals surface area (Å²) in [7, 11) is 0. The summed E-state index contributed by atoms with van der Waals surface area (Å²) in [4.78, 5) is 0. The Morgan fingerprint density at radius 2 is 0.714 bits per heavy atom. The van der Waals surface area contributed by atoms with E-state index in [1.54, 1.807) is 0 Å². The minimum Gasteiger partial charge on any atom is -0.457 e. The summed E-state index contributed by atoms with van der Waals surface area (Å²) in [5.41, 5.74) is 4.38. The van der Waals surface area contributed by atoms with E-state index in [4.69, 9.17) is 14.2 Å². The first-order chi connectivity index (χ1) is 23.7. The maximum absolute atomic E-state index is 7.44. The van der Waals surface area contributed by atoms with Gasteiger partial charge in [0.2, 0.25) is 0 Å². The van der Waals surface area contributed by atoms with E-state index in [9.17, 15) is 0 Å². The van der Waals surface area contributed by atoms with Gasteiger partial charge in [-0.25, -0.2) is 0 Å². The predicted octanol–water partition coefficient (Wildman–Crippen LogP) is 12.8. The van der Waals surface area contributed by atoms with Crippen LogP contribution >= 0.6 is 0 Å². The van der Waals surface area contributed by atoms with Crippen LogP contribution in [-0.2, 0) is 15.6 Å². The van der Waals surface area contributed by atoms with Crippen molar-refractivity contribution in [3.63, 3.8) is 0 Å². The molecule has 2 unspecified atom stereocenters. The van der Waals surface area contributed by atoms with Gasteiger partial charge in [-0.1, -0.05) is 149 Å². The standard InChI is InChI=1S/C46H46O3/c1-45(2,37-21-9-5-10-22-37)33-43(35-19-17-29-41(31-35)47-39-25-13-7-14-26-39)49-44(34-46(3,4)38-23-11-6-12-24-38)36-20-18-30-42(32-36)48-40-27-15-8-16-28-40/h5-32,43-44H,33-34H2,1-4H3. The van der Waals surface area contributed by atoms with Gasteiger partial charge in [0.15, 0.2) is 0 Å². The lowest BCUT2D eigenvalue weighted by molar-refractivity contribution is -0.0413. The van der Waals surface area contributed by atoms with Crippen molar-refractivity contribution in [2.45, 2.75) is 63.6 Å². The zero-order chi connectivity index (χ0) is 34.1. The maximum Gasteiger partial charge on any atom is 0.127 e. The van der Waals surface area contributed by atoms with E-state index in [1.165, 1.54) is 11.1 Å². The molecule has 6 aromatic carbocycles. The number of rotatable bonds is 14. The molecule has 6 rings (SSSR count). The van der Waals surface area contributed by atoms with E-state index in [0.29, 0.717) is 0 Å². The molecular formula is C46H46O3. The molecule has 248 valence electrons. The molecule has 0 aliphatic rings. The van der Waals surface area contributed by atoms with E-state index in [0.717, 1.165) is 47.0 Å². The summed E-state index contributed by atoms with van der Waals surface area (Å²) in [6.07, 6.45) is 1.08. The highest BCUT2D eigenvalue weighted by Gasteiger charge is 2.33. The minimum absolute atomic E-state index is 0.167. The first kappa shape index (κ1) is 33.8. The normalized spacial score (nSPS) is 13.0. The van der Waals surface area contributed by atoms with Crippen molar-refractivity contribution in [1.29, 1.82) is 0 Å². The van der Waals surface area contributed by atoms with Crippen LogP contribution < -0.4 is 9.47 Å². The lowest BCUT2D eigenvalue weighted by Gasteiger charge is -2.36. The highest BCUT2D eigenvalue weighted by Crippen LogP contribution is 2.44. The van der Waals surface area contributed by atoms with E-state index >= 15 is 0 Å². The van der Waals surface area contributed by atoms with Crippen LogP contribution in [0.4, 0.5) is 0 Å². The fourth-order valence-electron chi connectivity index (χ4n) is 6.43. The lowest BCUT2D eigenvalue weighted by atomic mass is 9.77. The molecule has 49 heavy (non-hydrogen) atoms. The Morgan fingerprint density at radius 1 is 0.388 bits per heavy atom. The molecule has 2 atom stereocenters. The molecule has 0 aromatic heterocycles. The lowest BCUT2D eigenvalue weighted by Crippen LogP contribution is -2.26. The number of para-hydroxylation sites is 2. The number of benzene rings is 6. The molecule has 0 amide bonds. The second kappa shape index (κ2) is 15.4. The van der Waals surface area contributed by atoms with Crippen LogP contribution in [0.25, 0.3) is 0 Å². The van der Waals surface area contributed by atoms with Gasteiger partial charge in [-0.2, -0.15) is 0 Å². The Hall–Kier alpha value is -5.12. The number of ether oxygens (including phenoxy) is 3. The molecule has 0 aliphatic carbocycles. The zero-order valence-corrected chi connectivity index (χ0v) is 29.0. The van der Waals surface area contributed by atoms with Crippen molar-refractivity contribution in [2.24, 2.45) is 0 Å². The van der Waals surface area contributed by atoms with Gasteiger partial charge in [0.25, 0.3) is 0 Å². The second-order valence-corrected chi connectivity index (χ2v) is 14.0. The summed E-state index contributed by atoms with van der Waals surface area (Å²) in [5.74, 6) is 3.18. The Labute approximate surface area is 292 Å². The average molecular weight is 647 g/mol. The Balaban J connectivity index is 1.39. The Morgan fingerprint density at radius 3 is 1.08 bits per heavy atom. The van der Waals surface area contributed by atoms with E-state index in [2.05, 4.69) is 125 Å². The molecule has 3 nitrogen and oxygen atoms in total. The molecule has 0 heterocycles. The van der Waals surface area contributed by atoms with Crippen molar-refractivity contribution in [1.82, 2.24) is 0 Å². The van der Waals surface area contributed by atoms with Crippen LogP contribution in [0.5, 0.6) is 23.0 Å². The topological polar surface area (TPSA) is 27.7 Å². The molecule has 0 aliphatic heterocycles. The summed E-state index contributed by atoms with van der Waals surface area (Å²) >= 11 is 0. The maximum atomic E-state index is 7.44. The van der Waals surface area contributed by atoms with Gasteiger partial charge in [0.1, 0.15) is 23.0 Å². The number of hydrogen-bond acceptors (Lipinski definition) is 3. The van der Waals surface area contributed by atoms with Crippen LogP contribution in [0.3, 0.4) is 0 Å². The smallest absolute Gasteiger partial charge is 0.127 e. The monoisotopic (exact) mass is 646 g/mol. The zero-order valence-electron chi connectivity index (χ0n) is 29.0. The number of hydrogen-bond donors (Lipinski definition) is 0. The summed E-state index contributed by atoms with van der Waals surface area (Å²) in [5, 5.41) is 0. The summed E-state index contributed by atoms with van der Waals surface area (Å²) < 4.78 is 20.1. The average Bonchev–Trinajstić information content (AvgIpc) is 3.13. The quantitative estimate of drug-likeness (QED) is 0.118. The summed E-state index contributed by atoms with van der Waals surface area (Å²) in [6, 6.07) is 58.1. The summed E-state index contributed by atoms with van der Waals surface area (Å²) in [6.45, 7) is 9.22. The Kier molecular flexibility index (Phi) is 10.6. The third-order valence-corrected chi connectivity index (χ3v) is 9.25. The molecule has 3 heteroatoms. The van der Waals surface area contributed by atoms with Gasteiger partial charge in [0.05, 0.1) is 12.2 Å². The highest BCUT2D eigenvalue weighted by molar-refractivity contribution is 5.38. The van der Waals surface area contributed by atoms with Gasteiger partial charge in [-0.05, 0) is 94.5 Å². The first-order valence-electron chi connectivity index (χ1n) is 17.2. The second-order valence-electron chi connectivity index (χ2n) is 14.0. The van der Waals surface area contributed by atoms with Crippen LogP contribution in [0.1, 0.15) is 75.0 Å². The first-order valence-corrected chi connectivity index (χ1v) is 17.2. The van der Waals surface area contributed by atoms with Gasteiger partial charge in [-0.15, -0.1) is 0 Å². The van der Waals surface area contributed by atoms with E-state index in [-0.39, 0.29) is 23.0 Å². The largest absolute Gasteiger partial charge is 0.457 e. The van der Waals surface area contributed by atoms with Gasteiger partial charge >= 0.3 is 0 Å². The van der Waals surface area contributed by atoms with Crippen LogP contribution in [0.15, 0.2) is 170 Å².